The minimum Gasteiger partial charge on any atom is -0.378 e. The molecule has 0 amide bonds. The van der Waals surface area contributed by atoms with E-state index in [1.807, 2.05) is 77.5 Å². The molecule has 2 N–H and O–H groups in total. The number of hydrogen-bond donors (Lipinski definition) is 2. The summed E-state index contributed by atoms with van der Waals surface area (Å²) in [7, 11) is 0. The number of imidazole rings is 2. The van der Waals surface area contributed by atoms with E-state index in [1.165, 1.54) is 0 Å². The molecule has 4 aromatic heterocycles. The number of nitrogens with zero attached hydrogens (tertiary/aromatic N) is 7. The molecule has 2 aromatic carbocycles. The fourth-order valence-corrected chi connectivity index (χ4v) is 4.68. The number of pyridine rings is 1. The van der Waals surface area contributed by atoms with Gasteiger partial charge in [-0.1, -0.05) is 30.3 Å². The zero-order valence-corrected chi connectivity index (χ0v) is 20.6. The average molecular weight is 504 g/mol. The highest BCUT2D eigenvalue weighted by Gasteiger charge is 2.17. The first-order chi connectivity index (χ1) is 18.8. The van der Waals surface area contributed by atoms with E-state index in [0.29, 0.717) is 42.6 Å². The summed E-state index contributed by atoms with van der Waals surface area (Å²) in [5, 5.41) is 3.44. The third-order valence-corrected chi connectivity index (χ3v) is 6.63. The van der Waals surface area contributed by atoms with E-state index in [-0.39, 0.29) is 0 Å². The van der Waals surface area contributed by atoms with E-state index < -0.39 is 0 Å². The number of rotatable bonds is 6. The van der Waals surface area contributed by atoms with Crippen LogP contribution in [0.2, 0.25) is 0 Å². The second-order valence-electron chi connectivity index (χ2n) is 9.08. The predicted octanol–water partition coefficient (Wildman–Crippen LogP) is 4.20. The quantitative estimate of drug-likeness (QED) is 0.348. The second-order valence-corrected chi connectivity index (χ2v) is 9.08. The number of benzene rings is 2. The van der Waals surface area contributed by atoms with Gasteiger partial charge in [0.05, 0.1) is 30.8 Å². The molecule has 7 rings (SSSR count). The monoisotopic (exact) mass is 503 g/mol. The van der Waals surface area contributed by atoms with E-state index in [4.69, 9.17) is 19.7 Å². The van der Waals surface area contributed by atoms with E-state index in [0.717, 1.165) is 47.0 Å². The largest absolute Gasteiger partial charge is 0.378 e. The molecule has 0 atom stereocenters. The average Bonchev–Trinajstić information content (AvgIpc) is 3.61. The first-order valence-corrected chi connectivity index (χ1v) is 12.6. The number of ether oxygens (including phenoxy) is 1. The Morgan fingerprint density at radius 3 is 2.53 bits per heavy atom. The first-order valence-electron chi connectivity index (χ1n) is 12.6. The lowest BCUT2D eigenvalue weighted by molar-refractivity contribution is 0.122. The topological polar surface area (TPSA) is 110 Å². The SMILES string of the molecule is c1ccc(-n2cnc3c(NCc4nc5ccccc5[nH]4)nc(-c4ccc(N5CCOCC5)nc4)nc32)cc1. The number of aromatic amines is 1. The Labute approximate surface area is 218 Å². The van der Waals surface area contributed by atoms with Gasteiger partial charge in [-0.25, -0.2) is 24.9 Å². The van der Waals surface area contributed by atoms with Gasteiger partial charge < -0.3 is 19.9 Å². The predicted molar refractivity (Wildman–Crippen MR) is 146 cm³/mol. The summed E-state index contributed by atoms with van der Waals surface area (Å²) in [6.45, 7) is 3.56. The molecule has 0 aliphatic carbocycles. The minimum absolute atomic E-state index is 0.465. The molecule has 188 valence electrons. The Balaban J connectivity index is 1.27. The maximum absolute atomic E-state index is 5.47. The molecule has 1 fully saturated rings. The molecule has 1 aliphatic rings. The number of aromatic nitrogens is 7. The van der Waals surface area contributed by atoms with Gasteiger partial charge >= 0.3 is 0 Å². The molecule has 0 spiro atoms. The Morgan fingerprint density at radius 2 is 1.71 bits per heavy atom. The summed E-state index contributed by atoms with van der Waals surface area (Å²) in [6, 6.07) is 22.1. The Hall–Kier alpha value is -4.83. The van der Waals surface area contributed by atoms with Crippen LogP contribution in [0.25, 0.3) is 39.3 Å². The lowest BCUT2D eigenvalue weighted by Gasteiger charge is -2.27. The lowest BCUT2D eigenvalue weighted by Crippen LogP contribution is -2.36. The summed E-state index contributed by atoms with van der Waals surface area (Å²) in [5.74, 6) is 2.95. The summed E-state index contributed by atoms with van der Waals surface area (Å²) in [4.78, 5) is 29.5. The molecule has 10 nitrogen and oxygen atoms in total. The van der Waals surface area contributed by atoms with Crippen molar-refractivity contribution in [3.8, 4) is 17.1 Å². The molecule has 1 aliphatic heterocycles. The van der Waals surface area contributed by atoms with Crippen molar-refractivity contribution in [1.82, 2.24) is 34.5 Å². The second kappa shape index (κ2) is 9.56. The molecule has 1 saturated heterocycles. The van der Waals surface area contributed by atoms with Gasteiger partial charge in [0.15, 0.2) is 22.8 Å². The normalized spacial score (nSPS) is 13.8. The van der Waals surface area contributed by atoms with Crippen LogP contribution in [0.5, 0.6) is 0 Å². The molecule has 0 radical (unpaired) electrons. The van der Waals surface area contributed by atoms with Crippen LogP contribution in [-0.4, -0.2) is 60.8 Å². The molecule has 10 heteroatoms. The van der Waals surface area contributed by atoms with Crippen molar-refractivity contribution in [3.05, 3.63) is 85.1 Å². The maximum atomic E-state index is 5.47. The van der Waals surface area contributed by atoms with Crippen molar-refractivity contribution in [2.45, 2.75) is 6.54 Å². The van der Waals surface area contributed by atoms with Gasteiger partial charge in [0, 0.05) is 30.5 Å². The Morgan fingerprint density at radius 1 is 0.868 bits per heavy atom. The summed E-state index contributed by atoms with van der Waals surface area (Å²) in [6.07, 6.45) is 3.61. The third kappa shape index (κ3) is 4.20. The van der Waals surface area contributed by atoms with Crippen LogP contribution in [0.3, 0.4) is 0 Å². The fraction of sp³-hybridized carbons (Fsp3) is 0.179. The first kappa shape index (κ1) is 22.4. The molecule has 5 heterocycles. The number of morpholine rings is 1. The van der Waals surface area contributed by atoms with Crippen molar-refractivity contribution in [3.63, 3.8) is 0 Å². The number of anilines is 2. The van der Waals surface area contributed by atoms with Crippen LogP contribution in [0, 0.1) is 0 Å². The van der Waals surface area contributed by atoms with Crippen LogP contribution >= 0.6 is 0 Å². The summed E-state index contributed by atoms with van der Waals surface area (Å²) >= 11 is 0. The summed E-state index contributed by atoms with van der Waals surface area (Å²) in [5.41, 5.74) is 5.13. The zero-order chi connectivity index (χ0) is 25.3. The molecule has 6 aromatic rings. The lowest BCUT2D eigenvalue weighted by atomic mass is 10.2. The van der Waals surface area contributed by atoms with Gasteiger partial charge in [-0.3, -0.25) is 4.57 Å². The van der Waals surface area contributed by atoms with E-state index in [1.54, 1.807) is 6.33 Å². The molecular weight excluding hydrogens is 478 g/mol. The Bertz CT molecular complexity index is 1670. The molecule has 0 saturated carbocycles. The highest BCUT2D eigenvalue weighted by atomic mass is 16.5. The smallest absolute Gasteiger partial charge is 0.170 e. The maximum Gasteiger partial charge on any atom is 0.170 e. The van der Waals surface area contributed by atoms with Crippen LogP contribution in [-0.2, 0) is 11.3 Å². The van der Waals surface area contributed by atoms with Crippen molar-refractivity contribution in [2.24, 2.45) is 0 Å². The van der Waals surface area contributed by atoms with Gasteiger partial charge in [-0.2, -0.15) is 0 Å². The van der Waals surface area contributed by atoms with E-state index in [9.17, 15) is 0 Å². The van der Waals surface area contributed by atoms with Gasteiger partial charge in [-0.05, 0) is 36.4 Å². The number of para-hydroxylation sites is 3. The van der Waals surface area contributed by atoms with Crippen molar-refractivity contribution < 1.29 is 4.74 Å². The van der Waals surface area contributed by atoms with Crippen LogP contribution in [0.4, 0.5) is 11.6 Å². The highest BCUT2D eigenvalue weighted by Crippen LogP contribution is 2.27. The van der Waals surface area contributed by atoms with E-state index in [2.05, 4.69) is 25.2 Å². The molecule has 38 heavy (non-hydrogen) atoms. The van der Waals surface area contributed by atoms with E-state index >= 15 is 0 Å². The molecular formula is C28H25N9O. The summed E-state index contributed by atoms with van der Waals surface area (Å²) < 4.78 is 7.44. The van der Waals surface area contributed by atoms with Crippen molar-refractivity contribution in [2.75, 3.05) is 36.5 Å². The Kier molecular flexibility index (Phi) is 5.63. The number of nitrogens with one attached hydrogen (secondary N) is 2. The highest BCUT2D eigenvalue weighted by molar-refractivity contribution is 5.86. The minimum atomic E-state index is 0.465. The van der Waals surface area contributed by atoms with Gasteiger partial charge in [0.1, 0.15) is 18.0 Å². The molecule has 0 unspecified atom stereocenters. The number of H-pyrrole nitrogens is 1. The molecule has 0 bridgehead atoms. The third-order valence-electron chi connectivity index (χ3n) is 6.63. The number of hydrogen-bond acceptors (Lipinski definition) is 8. The van der Waals surface area contributed by atoms with Crippen LogP contribution in [0.1, 0.15) is 5.82 Å². The van der Waals surface area contributed by atoms with Gasteiger partial charge in [-0.15, -0.1) is 0 Å². The van der Waals surface area contributed by atoms with Gasteiger partial charge in [0.2, 0.25) is 0 Å². The van der Waals surface area contributed by atoms with Crippen LogP contribution < -0.4 is 10.2 Å². The fourth-order valence-electron chi connectivity index (χ4n) is 4.68. The van der Waals surface area contributed by atoms with Crippen molar-refractivity contribution in [1.29, 1.82) is 0 Å². The van der Waals surface area contributed by atoms with Gasteiger partial charge in [0.25, 0.3) is 0 Å². The van der Waals surface area contributed by atoms with Crippen molar-refractivity contribution >= 4 is 33.8 Å². The van der Waals surface area contributed by atoms with Crippen LogP contribution in [0.15, 0.2) is 79.3 Å². The standard InChI is InChI=1S/C28H25N9O/c1-2-6-20(7-3-1)37-18-31-25-27(30-17-23-32-21-8-4-5-9-22(21)33-23)34-26(35-28(25)37)19-10-11-24(29-16-19)36-12-14-38-15-13-36/h1-11,16,18H,12-15,17H2,(H,32,33)(H,30,34,35). The number of fused-ring (bicyclic) bond motifs is 2. The zero-order valence-electron chi connectivity index (χ0n) is 20.6.